The molecule has 0 aromatic rings. The molecule has 0 N–H and O–H groups in total. The standard InChI is InChI=1S/C32H54/c1-23(2)11-9-12-24(3)26-14-15-27-25-13-16-29-31(5,28(25)17-22-30(26,27)4)18-10-21-32(29)19-7-6-8-20-32/h23-24,26-27,29H,6-22H2,1-5H3/t24-,26-,27+,29?,30-,31-/m1/s1. The Morgan fingerprint density at radius 2 is 1.53 bits per heavy atom. The summed E-state index contributed by atoms with van der Waals surface area (Å²) in [4.78, 5) is 0. The molecule has 1 unspecified atom stereocenters. The van der Waals surface area contributed by atoms with Crippen LogP contribution in [-0.4, -0.2) is 0 Å². The van der Waals surface area contributed by atoms with Gasteiger partial charge in [0.1, 0.15) is 0 Å². The molecule has 3 saturated carbocycles. The van der Waals surface area contributed by atoms with Gasteiger partial charge in [-0.3, -0.25) is 0 Å². The fourth-order valence-corrected chi connectivity index (χ4v) is 10.9. The number of hydrogen-bond acceptors (Lipinski definition) is 0. The highest BCUT2D eigenvalue weighted by Gasteiger charge is 2.59. The van der Waals surface area contributed by atoms with Gasteiger partial charge < -0.3 is 0 Å². The average molecular weight is 439 g/mol. The van der Waals surface area contributed by atoms with Gasteiger partial charge in [-0.1, -0.05) is 90.7 Å². The Balaban J connectivity index is 1.38. The fraction of sp³-hybridized carbons (Fsp3) is 0.938. The zero-order valence-electron chi connectivity index (χ0n) is 22.4. The molecule has 0 saturated heterocycles. The minimum atomic E-state index is 0.561. The Morgan fingerprint density at radius 1 is 0.781 bits per heavy atom. The number of rotatable bonds is 5. The molecule has 0 amide bonds. The average Bonchev–Trinajstić information content (AvgIpc) is 3.11. The lowest BCUT2D eigenvalue weighted by Gasteiger charge is -2.61. The predicted molar refractivity (Wildman–Crippen MR) is 139 cm³/mol. The molecule has 0 aliphatic heterocycles. The van der Waals surface area contributed by atoms with Crippen LogP contribution in [0.3, 0.4) is 0 Å². The second-order valence-electron chi connectivity index (χ2n) is 14.3. The van der Waals surface area contributed by atoms with Crippen molar-refractivity contribution in [1.29, 1.82) is 0 Å². The monoisotopic (exact) mass is 438 g/mol. The van der Waals surface area contributed by atoms with E-state index >= 15 is 0 Å². The van der Waals surface area contributed by atoms with Crippen LogP contribution in [-0.2, 0) is 0 Å². The van der Waals surface area contributed by atoms with Crippen molar-refractivity contribution in [2.24, 2.45) is 45.8 Å². The first-order valence-corrected chi connectivity index (χ1v) is 15.0. The molecule has 0 aromatic heterocycles. The third-order valence-electron chi connectivity index (χ3n) is 12.4. The lowest BCUT2D eigenvalue weighted by Crippen LogP contribution is -2.51. The van der Waals surface area contributed by atoms with Crippen molar-refractivity contribution in [3.8, 4) is 0 Å². The van der Waals surface area contributed by atoms with Crippen LogP contribution in [0.5, 0.6) is 0 Å². The first kappa shape index (κ1) is 23.5. The molecule has 0 bridgehead atoms. The van der Waals surface area contributed by atoms with Gasteiger partial charge in [0.25, 0.3) is 0 Å². The van der Waals surface area contributed by atoms with Gasteiger partial charge in [0, 0.05) is 0 Å². The minimum absolute atomic E-state index is 0.561. The molecule has 1 spiro atoms. The molecular weight excluding hydrogens is 384 g/mol. The van der Waals surface area contributed by atoms with E-state index in [9.17, 15) is 0 Å². The SMILES string of the molecule is CC(C)CCC[C@@H](C)[C@H]1CC[C@H]2C3=C(CC[C@]12C)[C@@]1(C)CCCC2(CCCCC2)C1CC3. The molecule has 0 nitrogen and oxygen atoms in total. The molecule has 6 atom stereocenters. The third-order valence-corrected chi connectivity index (χ3v) is 12.4. The van der Waals surface area contributed by atoms with Gasteiger partial charge in [0.05, 0.1) is 0 Å². The van der Waals surface area contributed by atoms with Gasteiger partial charge in [-0.15, -0.1) is 0 Å². The van der Waals surface area contributed by atoms with Gasteiger partial charge in [0.15, 0.2) is 0 Å². The van der Waals surface area contributed by atoms with E-state index < -0.39 is 0 Å². The zero-order chi connectivity index (χ0) is 22.6. The van der Waals surface area contributed by atoms with Crippen molar-refractivity contribution in [1.82, 2.24) is 0 Å². The van der Waals surface area contributed by atoms with E-state index in [0.29, 0.717) is 10.8 Å². The smallest absolute Gasteiger partial charge is 0.00799 e. The summed E-state index contributed by atoms with van der Waals surface area (Å²) in [7, 11) is 0. The van der Waals surface area contributed by atoms with Crippen LogP contribution in [0.25, 0.3) is 0 Å². The fourth-order valence-electron chi connectivity index (χ4n) is 10.9. The van der Waals surface area contributed by atoms with Crippen molar-refractivity contribution in [3.05, 3.63) is 11.1 Å². The summed E-state index contributed by atoms with van der Waals surface area (Å²) in [6, 6.07) is 0. The van der Waals surface area contributed by atoms with Crippen LogP contribution in [0.2, 0.25) is 0 Å². The molecule has 5 aliphatic rings. The summed E-state index contributed by atoms with van der Waals surface area (Å²) in [5, 5.41) is 0. The minimum Gasteiger partial charge on any atom is -0.0668 e. The van der Waals surface area contributed by atoms with Crippen LogP contribution in [0.4, 0.5) is 0 Å². The second-order valence-corrected chi connectivity index (χ2v) is 14.3. The van der Waals surface area contributed by atoms with Crippen molar-refractivity contribution in [2.75, 3.05) is 0 Å². The van der Waals surface area contributed by atoms with Gasteiger partial charge in [-0.05, 0) is 110 Å². The molecule has 5 rings (SSSR count). The van der Waals surface area contributed by atoms with E-state index in [1.54, 1.807) is 19.3 Å². The second kappa shape index (κ2) is 8.75. The molecule has 0 aromatic carbocycles. The summed E-state index contributed by atoms with van der Waals surface area (Å²) < 4.78 is 0. The van der Waals surface area contributed by atoms with E-state index in [1.807, 2.05) is 11.1 Å². The topological polar surface area (TPSA) is 0 Å². The summed E-state index contributed by atoms with van der Waals surface area (Å²) >= 11 is 0. The van der Waals surface area contributed by atoms with Crippen molar-refractivity contribution >= 4 is 0 Å². The molecule has 0 heterocycles. The molecule has 182 valence electrons. The maximum Gasteiger partial charge on any atom is -0.00799 e. The zero-order valence-corrected chi connectivity index (χ0v) is 22.4. The van der Waals surface area contributed by atoms with Crippen LogP contribution < -0.4 is 0 Å². The molecular formula is C32H54. The van der Waals surface area contributed by atoms with E-state index in [0.717, 1.165) is 35.0 Å². The first-order chi connectivity index (χ1) is 15.3. The Morgan fingerprint density at radius 3 is 2.28 bits per heavy atom. The quantitative estimate of drug-likeness (QED) is 0.374. The van der Waals surface area contributed by atoms with Crippen LogP contribution in [0.1, 0.15) is 144 Å². The van der Waals surface area contributed by atoms with Gasteiger partial charge in [0.2, 0.25) is 0 Å². The maximum atomic E-state index is 2.77. The van der Waals surface area contributed by atoms with Crippen molar-refractivity contribution in [3.63, 3.8) is 0 Å². The van der Waals surface area contributed by atoms with Crippen LogP contribution in [0.15, 0.2) is 11.1 Å². The van der Waals surface area contributed by atoms with E-state index in [4.69, 9.17) is 0 Å². The largest absolute Gasteiger partial charge is 0.0668 e. The summed E-state index contributed by atoms with van der Waals surface area (Å²) in [6.45, 7) is 12.9. The van der Waals surface area contributed by atoms with E-state index in [1.165, 1.54) is 89.9 Å². The molecule has 0 radical (unpaired) electrons. The summed E-state index contributed by atoms with van der Waals surface area (Å²) in [6.07, 6.45) is 25.6. The molecule has 32 heavy (non-hydrogen) atoms. The molecule has 3 fully saturated rings. The lowest BCUT2D eigenvalue weighted by atomic mass is 9.44. The van der Waals surface area contributed by atoms with Gasteiger partial charge in [-0.25, -0.2) is 0 Å². The van der Waals surface area contributed by atoms with Gasteiger partial charge in [-0.2, -0.15) is 0 Å². The van der Waals surface area contributed by atoms with Crippen molar-refractivity contribution < 1.29 is 0 Å². The third kappa shape index (κ3) is 3.68. The van der Waals surface area contributed by atoms with Crippen molar-refractivity contribution in [2.45, 2.75) is 144 Å². The van der Waals surface area contributed by atoms with Crippen LogP contribution >= 0.6 is 0 Å². The number of fused-ring (bicyclic) bond motifs is 5. The summed E-state index contributed by atoms with van der Waals surface area (Å²) in [5.74, 6) is 4.73. The Kier molecular flexibility index (Phi) is 6.42. The Bertz CT molecular complexity index is 700. The van der Waals surface area contributed by atoms with Gasteiger partial charge >= 0.3 is 0 Å². The Labute approximate surface area is 200 Å². The lowest BCUT2D eigenvalue weighted by molar-refractivity contribution is -0.0480. The number of hydrogen-bond donors (Lipinski definition) is 0. The van der Waals surface area contributed by atoms with E-state index in [-0.39, 0.29) is 0 Å². The van der Waals surface area contributed by atoms with Crippen LogP contribution in [0, 0.1) is 45.8 Å². The van der Waals surface area contributed by atoms with E-state index in [2.05, 4.69) is 34.6 Å². The highest BCUT2D eigenvalue weighted by molar-refractivity contribution is 5.35. The highest BCUT2D eigenvalue weighted by atomic mass is 14.6. The Hall–Kier alpha value is -0.260. The maximum absolute atomic E-state index is 2.77. The predicted octanol–water partition coefficient (Wildman–Crippen LogP) is 10.1. The highest BCUT2D eigenvalue weighted by Crippen LogP contribution is 2.69. The molecule has 0 heteroatoms. The normalized spacial score (nSPS) is 42.0. The summed E-state index contributed by atoms with van der Waals surface area (Å²) in [5.41, 5.74) is 5.96. The molecule has 5 aliphatic carbocycles. The first-order valence-electron chi connectivity index (χ1n) is 15.0. The number of allylic oxidation sites excluding steroid dienone is 2.